The lowest BCUT2D eigenvalue weighted by molar-refractivity contribution is 1.01. The first kappa shape index (κ1) is 5.90. The number of nitrogens with two attached hydrogens (primary N) is 1. The third kappa shape index (κ3) is 0.841. The van der Waals surface area contributed by atoms with Crippen molar-refractivity contribution in [1.29, 1.82) is 0 Å². The smallest absolute Gasteiger partial charge is 0.181 e. The van der Waals surface area contributed by atoms with Crippen molar-refractivity contribution in [1.82, 2.24) is 24.7 Å². The van der Waals surface area contributed by atoms with Crippen molar-refractivity contribution in [3.05, 3.63) is 19.0 Å². The van der Waals surface area contributed by atoms with Gasteiger partial charge < -0.3 is 10.7 Å². The largest absolute Gasteiger partial charge is 0.382 e. The van der Waals surface area contributed by atoms with Gasteiger partial charge in [0.25, 0.3) is 0 Å². The van der Waals surface area contributed by atoms with Gasteiger partial charge in [-0.2, -0.15) is 0 Å². The average Bonchev–Trinajstić information content (AvgIpc) is 2.55. The number of nitrogens with one attached hydrogen (secondary N) is 1. The molecule has 0 aliphatic rings. The Morgan fingerprint density at radius 2 is 2.09 bits per heavy atom. The molecule has 11 heavy (non-hydrogen) atoms. The molecule has 0 bridgehead atoms. The van der Waals surface area contributed by atoms with E-state index in [2.05, 4.69) is 20.2 Å². The van der Waals surface area contributed by atoms with E-state index in [4.69, 9.17) is 5.73 Å². The van der Waals surface area contributed by atoms with E-state index in [1.807, 2.05) is 0 Å². The number of anilines is 1. The summed E-state index contributed by atoms with van der Waals surface area (Å²) in [4.78, 5) is 6.71. The maximum atomic E-state index is 5.54. The van der Waals surface area contributed by atoms with E-state index in [1.165, 1.54) is 19.0 Å². The van der Waals surface area contributed by atoms with Gasteiger partial charge in [-0.05, 0) is 0 Å². The van der Waals surface area contributed by atoms with Crippen molar-refractivity contribution < 1.29 is 0 Å². The summed E-state index contributed by atoms with van der Waals surface area (Å²) < 4.78 is 1.63. The third-order valence-corrected chi connectivity index (χ3v) is 1.31. The zero-order valence-corrected chi connectivity index (χ0v) is 5.60. The van der Waals surface area contributed by atoms with E-state index in [-0.39, 0.29) is 0 Å². The fourth-order valence-electron chi connectivity index (χ4n) is 0.813. The quantitative estimate of drug-likeness (QED) is 0.577. The zero-order chi connectivity index (χ0) is 7.68. The Bertz CT molecular complexity index is 333. The van der Waals surface area contributed by atoms with Gasteiger partial charge in [-0.3, -0.25) is 4.57 Å². The third-order valence-electron chi connectivity index (χ3n) is 1.31. The second-order valence-electron chi connectivity index (χ2n) is 2.01. The normalized spacial score (nSPS) is 10.2. The monoisotopic (exact) mass is 150 g/mol. The number of rotatable bonds is 1. The molecule has 0 atom stereocenters. The molecule has 56 valence electrons. The second-order valence-corrected chi connectivity index (χ2v) is 2.01. The molecular formula is C5H6N6. The van der Waals surface area contributed by atoms with Crippen molar-refractivity contribution in [2.45, 2.75) is 0 Å². The molecule has 3 N–H and O–H groups in total. The summed E-state index contributed by atoms with van der Waals surface area (Å²) in [5.41, 5.74) is 5.54. The SMILES string of the molecule is Nc1[nH]cnc1-n1cnnc1. The van der Waals surface area contributed by atoms with Crippen molar-refractivity contribution >= 4 is 5.82 Å². The van der Waals surface area contributed by atoms with Crippen LogP contribution in [0.1, 0.15) is 0 Å². The molecule has 2 aromatic heterocycles. The maximum Gasteiger partial charge on any atom is 0.181 e. The van der Waals surface area contributed by atoms with E-state index >= 15 is 0 Å². The van der Waals surface area contributed by atoms with Gasteiger partial charge in [0.05, 0.1) is 6.33 Å². The number of hydrogen-bond donors (Lipinski definition) is 2. The van der Waals surface area contributed by atoms with Crippen LogP contribution in [0.4, 0.5) is 5.82 Å². The summed E-state index contributed by atoms with van der Waals surface area (Å²) >= 11 is 0. The highest BCUT2D eigenvalue weighted by atomic mass is 15.3. The van der Waals surface area contributed by atoms with Crippen LogP contribution >= 0.6 is 0 Å². The minimum Gasteiger partial charge on any atom is -0.382 e. The molecule has 2 aromatic rings. The van der Waals surface area contributed by atoms with Gasteiger partial charge in [-0.15, -0.1) is 10.2 Å². The van der Waals surface area contributed by atoms with E-state index in [9.17, 15) is 0 Å². The van der Waals surface area contributed by atoms with Gasteiger partial charge in [-0.1, -0.05) is 0 Å². The van der Waals surface area contributed by atoms with Crippen LogP contribution in [0.25, 0.3) is 5.82 Å². The number of nitrogen functional groups attached to an aromatic ring is 1. The number of H-pyrrole nitrogens is 1. The molecule has 0 aliphatic heterocycles. The predicted molar refractivity (Wildman–Crippen MR) is 37.9 cm³/mol. The lowest BCUT2D eigenvalue weighted by atomic mass is 10.6. The Labute approximate surface area is 62.1 Å². The van der Waals surface area contributed by atoms with Gasteiger partial charge in [0.1, 0.15) is 18.5 Å². The van der Waals surface area contributed by atoms with Crippen LogP contribution in [-0.2, 0) is 0 Å². The first-order chi connectivity index (χ1) is 5.38. The Morgan fingerprint density at radius 3 is 2.64 bits per heavy atom. The van der Waals surface area contributed by atoms with Gasteiger partial charge in [0.2, 0.25) is 0 Å². The van der Waals surface area contributed by atoms with E-state index in [0.717, 1.165) is 0 Å². The molecular weight excluding hydrogens is 144 g/mol. The minimum atomic E-state index is 0.504. The molecule has 0 unspecified atom stereocenters. The number of nitrogens with zero attached hydrogens (tertiary/aromatic N) is 4. The summed E-state index contributed by atoms with van der Waals surface area (Å²) in [5, 5.41) is 7.25. The second kappa shape index (κ2) is 2.08. The van der Waals surface area contributed by atoms with Gasteiger partial charge in [0.15, 0.2) is 5.82 Å². The van der Waals surface area contributed by atoms with Crippen LogP contribution in [0.5, 0.6) is 0 Å². The van der Waals surface area contributed by atoms with E-state index in [1.54, 1.807) is 4.57 Å². The van der Waals surface area contributed by atoms with Crippen LogP contribution in [0.15, 0.2) is 19.0 Å². The van der Waals surface area contributed by atoms with Gasteiger partial charge >= 0.3 is 0 Å². The number of aromatic amines is 1. The molecule has 6 heteroatoms. The maximum absolute atomic E-state index is 5.54. The average molecular weight is 150 g/mol. The zero-order valence-electron chi connectivity index (χ0n) is 5.60. The summed E-state index contributed by atoms with van der Waals surface area (Å²) in [7, 11) is 0. The highest BCUT2D eigenvalue weighted by Gasteiger charge is 2.02. The summed E-state index contributed by atoms with van der Waals surface area (Å²) in [6.07, 6.45) is 4.59. The van der Waals surface area contributed by atoms with Gasteiger partial charge in [-0.25, -0.2) is 4.98 Å². The van der Waals surface area contributed by atoms with Gasteiger partial charge in [0, 0.05) is 0 Å². The Kier molecular flexibility index (Phi) is 1.12. The molecule has 6 nitrogen and oxygen atoms in total. The Balaban J connectivity index is 2.53. The minimum absolute atomic E-state index is 0.504. The highest BCUT2D eigenvalue weighted by Crippen LogP contribution is 2.08. The standard InChI is InChI=1S/C5H6N6/c6-4-5(8-1-7-4)11-2-9-10-3-11/h1-3H,6H2,(H,7,8). The lowest BCUT2D eigenvalue weighted by Crippen LogP contribution is -1.95. The fourth-order valence-corrected chi connectivity index (χ4v) is 0.813. The number of imidazole rings is 1. The molecule has 0 aromatic carbocycles. The van der Waals surface area contributed by atoms with E-state index < -0.39 is 0 Å². The number of aromatic nitrogens is 5. The van der Waals surface area contributed by atoms with E-state index in [0.29, 0.717) is 11.6 Å². The summed E-state index contributed by atoms with van der Waals surface area (Å²) in [6, 6.07) is 0. The lowest BCUT2D eigenvalue weighted by Gasteiger charge is -1.94. The first-order valence-corrected chi connectivity index (χ1v) is 3.02. The predicted octanol–water partition coefficient (Wildman–Crippen LogP) is -0.427. The molecule has 2 heterocycles. The van der Waals surface area contributed by atoms with Crippen molar-refractivity contribution in [2.24, 2.45) is 0 Å². The fraction of sp³-hybridized carbons (Fsp3) is 0. The molecule has 0 saturated carbocycles. The van der Waals surface area contributed by atoms with Crippen LogP contribution in [0, 0.1) is 0 Å². The van der Waals surface area contributed by atoms with Crippen LogP contribution in [0.3, 0.4) is 0 Å². The number of hydrogen-bond acceptors (Lipinski definition) is 4. The van der Waals surface area contributed by atoms with Crippen molar-refractivity contribution in [3.63, 3.8) is 0 Å². The molecule has 0 spiro atoms. The molecule has 0 saturated heterocycles. The van der Waals surface area contributed by atoms with Crippen LogP contribution in [0.2, 0.25) is 0 Å². The topological polar surface area (TPSA) is 85.4 Å². The molecule has 0 amide bonds. The molecule has 2 rings (SSSR count). The van der Waals surface area contributed by atoms with Crippen molar-refractivity contribution in [3.8, 4) is 5.82 Å². The first-order valence-electron chi connectivity index (χ1n) is 3.02. The summed E-state index contributed by atoms with van der Waals surface area (Å²) in [6.45, 7) is 0. The Hall–Kier alpha value is -1.85. The van der Waals surface area contributed by atoms with Crippen molar-refractivity contribution in [2.75, 3.05) is 5.73 Å². The molecule has 0 radical (unpaired) electrons. The Morgan fingerprint density at radius 1 is 1.36 bits per heavy atom. The van der Waals surface area contributed by atoms with Crippen LogP contribution < -0.4 is 5.73 Å². The van der Waals surface area contributed by atoms with Crippen LogP contribution in [-0.4, -0.2) is 24.7 Å². The summed E-state index contributed by atoms with van der Waals surface area (Å²) in [5.74, 6) is 1.12. The highest BCUT2D eigenvalue weighted by molar-refractivity contribution is 5.45. The molecule has 0 fully saturated rings. The molecule has 0 aliphatic carbocycles.